The molecule has 0 aromatic carbocycles. The van der Waals surface area contributed by atoms with Gasteiger partial charge in [-0.2, -0.15) is 0 Å². The van der Waals surface area contributed by atoms with E-state index >= 15 is 0 Å². The van der Waals surface area contributed by atoms with E-state index in [9.17, 15) is 0 Å². The quantitative estimate of drug-likeness (QED) is 0.445. The number of rotatable bonds is 5. The zero-order valence-electron chi connectivity index (χ0n) is 7.96. The Morgan fingerprint density at radius 1 is 0.750 bits per heavy atom. The van der Waals surface area contributed by atoms with Gasteiger partial charge < -0.3 is 22.5 Å². The minimum Gasteiger partial charge on any atom is -0.357 e. The minimum absolute atomic E-state index is 0.503. The summed E-state index contributed by atoms with van der Waals surface area (Å²) in [4.78, 5) is 0. The van der Waals surface area contributed by atoms with Crippen LogP contribution in [0.1, 0.15) is 0 Å². The molecule has 0 spiro atoms. The normalized spacial score (nSPS) is 39.9. The maximum atomic E-state index is 5.38. The first-order chi connectivity index (χ1) is 7.73. The number of ether oxygens (including phenoxy) is 1. The van der Waals surface area contributed by atoms with E-state index in [1.807, 2.05) is 0 Å². The van der Waals surface area contributed by atoms with Crippen LogP contribution < -0.4 is 0 Å². The molecule has 11 heteroatoms. The van der Waals surface area contributed by atoms with Crippen LogP contribution >= 0.6 is 54.2 Å². The monoisotopic (exact) mass is 326 g/mol. The summed E-state index contributed by atoms with van der Waals surface area (Å²) in [5.41, 5.74) is 0. The lowest BCUT2D eigenvalue weighted by Crippen LogP contribution is -2.58. The summed E-state index contributed by atoms with van der Waals surface area (Å²) in [7, 11) is 6.32. The molecule has 0 amide bonds. The van der Waals surface area contributed by atoms with Crippen LogP contribution in [0.3, 0.4) is 0 Å². The van der Waals surface area contributed by atoms with Crippen LogP contribution in [0.25, 0.3) is 0 Å². The molecular weight excluding hydrogens is 313 g/mol. The Morgan fingerprint density at radius 3 is 1.75 bits per heavy atom. The highest BCUT2D eigenvalue weighted by molar-refractivity contribution is 7.75. The van der Waals surface area contributed by atoms with Crippen molar-refractivity contribution in [2.75, 3.05) is 0 Å². The van der Waals surface area contributed by atoms with Crippen LogP contribution in [0.2, 0.25) is 0 Å². The summed E-state index contributed by atoms with van der Waals surface area (Å²) in [6.45, 7) is 0. The van der Waals surface area contributed by atoms with Gasteiger partial charge in [0.2, 0.25) is 6.29 Å². The van der Waals surface area contributed by atoms with E-state index in [2.05, 4.69) is 54.2 Å². The molecular formula is C5H13O6P3S2. The van der Waals surface area contributed by atoms with Crippen LogP contribution in [-0.4, -0.2) is 30.9 Å². The lowest BCUT2D eigenvalue weighted by Gasteiger charge is -2.42. The fourth-order valence-corrected chi connectivity index (χ4v) is 2.59. The molecule has 1 aliphatic heterocycles. The molecule has 0 bridgehead atoms. The van der Waals surface area contributed by atoms with Crippen molar-refractivity contribution in [3.05, 3.63) is 0 Å². The van der Waals surface area contributed by atoms with E-state index in [0.29, 0.717) is 0 Å². The van der Waals surface area contributed by atoms with Gasteiger partial charge in [-0.05, 0) is 25.8 Å². The molecule has 8 atom stereocenters. The molecule has 0 N–H and O–H groups in total. The largest absolute Gasteiger partial charge is 0.357 e. The van der Waals surface area contributed by atoms with Gasteiger partial charge in [0.05, 0.1) is 0 Å². The highest BCUT2D eigenvalue weighted by Crippen LogP contribution is 2.32. The van der Waals surface area contributed by atoms with Crippen molar-refractivity contribution >= 4 is 54.2 Å². The first kappa shape index (κ1) is 15.8. The Labute approximate surface area is 112 Å². The Morgan fingerprint density at radius 2 is 1.38 bits per heavy atom. The topological polar surface area (TPSA) is 55.4 Å². The first-order valence-electron chi connectivity index (χ1n) is 4.06. The smallest absolute Gasteiger partial charge is 0.203 e. The molecule has 1 fully saturated rings. The Kier molecular flexibility index (Phi) is 7.93. The maximum absolute atomic E-state index is 5.38. The molecule has 0 radical (unpaired) electrons. The Balaban J connectivity index is 2.85. The van der Waals surface area contributed by atoms with E-state index in [0.717, 1.165) is 0 Å². The molecule has 1 saturated heterocycles. The molecule has 96 valence electrons. The third kappa shape index (κ3) is 3.40. The molecule has 1 aliphatic rings. The summed E-state index contributed by atoms with van der Waals surface area (Å²) in [5, 5.41) is 0. The van der Waals surface area contributed by atoms with Gasteiger partial charge in [-0.3, -0.25) is 4.18 Å². The van der Waals surface area contributed by atoms with Gasteiger partial charge in [0.1, 0.15) is 12.2 Å². The lowest BCUT2D eigenvalue weighted by molar-refractivity contribution is -0.289. The highest BCUT2D eigenvalue weighted by atomic mass is 32.1. The van der Waals surface area contributed by atoms with E-state index < -0.39 is 30.9 Å². The maximum Gasteiger partial charge on any atom is 0.203 e. The predicted octanol–water partition coefficient (Wildman–Crippen LogP) is 0.917. The van der Waals surface area contributed by atoms with Crippen molar-refractivity contribution in [3.8, 4) is 0 Å². The van der Waals surface area contributed by atoms with Crippen molar-refractivity contribution in [1.29, 1.82) is 0 Å². The average Bonchev–Trinajstić information content (AvgIpc) is 2.35. The Bertz CT molecular complexity index is 197. The van der Waals surface area contributed by atoms with E-state index in [4.69, 9.17) is 26.7 Å². The Hall–Kier alpha value is 1.75. The molecule has 1 rings (SSSR count). The summed E-state index contributed by atoms with van der Waals surface area (Å²) in [6.07, 6.45) is -3.10. The zero-order valence-corrected chi connectivity index (χ0v) is 13.2. The molecule has 0 aliphatic carbocycles. The average molecular weight is 326 g/mol. The summed E-state index contributed by atoms with van der Waals surface area (Å²) in [6, 6.07) is 0. The fourth-order valence-electron chi connectivity index (χ4n) is 1.38. The third-order valence-electron chi connectivity index (χ3n) is 2.13. The van der Waals surface area contributed by atoms with Gasteiger partial charge in [0, 0.05) is 28.4 Å². The second-order valence-electron chi connectivity index (χ2n) is 2.89. The van der Waals surface area contributed by atoms with E-state index in [1.54, 1.807) is 0 Å². The molecule has 0 saturated carbocycles. The van der Waals surface area contributed by atoms with Gasteiger partial charge in [-0.15, -0.1) is 0 Å². The van der Waals surface area contributed by atoms with Crippen molar-refractivity contribution in [3.63, 3.8) is 0 Å². The van der Waals surface area contributed by atoms with Crippen molar-refractivity contribution in [1.82, 2.24) is 0 Å². The van der Waals surface area contributed by atoms with Gasteiger partial charge in [0.25, 0.3) is 0 Å². The number of thiol groups is 2. The van der Waals surface area contributed by atoms with Crippen LogP contribution in [0, 0.1) is 0 Å². The highest BCUT2D eigenvalue weighted by Gasteiger charge is 2.48. The molecule has 1 heterocycles. The van der Waals surface area contributed by atoms with Crippen LogP contribution in [-0.2, 0) is 26.7 Å². The van der Waals surface area contributed by atoms with Gasteiger partial charge >= 0.3 is 0 Å². The van der Waals surface area contributed by atoms with Crippen LogP contribution in [0.5, 0.6) is 0 Å². The van der Waals surface area contributed by atoms with E-state index in [1.165, 1.54) is 0 Å². The predicted molar refractivity (Wildman–Crippen MR) is 72.6 cm³/mol. The second kappa shape index (κ2) is 8.03. The standard InChI is InChI=1S/C5H13O6P3S2/c12-7-1-2(8-13)4(9-14)6-5(11-16)3(1)10-15/h1-5,15-16H,12-14H2/t1?,2-,3+,4+,5+/m0/s1. The van der Waals surface area contributed by atoms with Crippen molar-refractivity contribution in [2.24, 2.45) is 0 Å². The summed E-state index contributed by atoms with van der Waals surface area (Å²) >= 11 is 7.42. The van der Waals surface area contributed by atoms with Gasteiger partial charge in [0.15, 0.2) is 12.4 Å². The number of hydrogen-bond donors (Lipinski definition) is 2. The van der Waals surface area contributed by atoms with Crippen LogP contribution in [0.15, 0.2) is 0 Å². The first-order valence-corrected chi connectivity index (χ1v) is 6.20. The zero-order chi connectivity index (χ0) is 12.1. The molecule has 0 aromatic heterocycles. The summed E-state index contributed by atoms with van der Waals surface area (Å²) < 4.78 is 30.5. The minimum atomic E-state index is -0.784. The van der Waals surface area contributed by atoms with Crippen molar-refractivity contribution < 1.29 is 26.7 Å². The molecule has 16 heavy (non-hydrogen) atoms. The second-order valence-corrected chi connectivity index (χ2v) is 4.12. The van der Waals surface area contributed by atoms with Crippen LogP contribution in [0.4, 0.5) is 0 Å². The number of hydrogen-bond acceptors (Lipinski definition) is 8. The lowest BCUT2D eigenvalue weighted by atomic mass is 10.0. The molecule has 0 aromatic rings. The van der Waals surface area contributed by atoms with Gasteiger partial charge in [-0.25, -0.2) is 0 Å². The van der Waals surface area contributed by atoms with E-state index in [-0.39, 0.29) is 0 Å². The fraction of sp³-hybridized carbons (Fsp3) is 1.00. The van der Waals surface area contributed by atoms with Gasteiger partial charge in [-0.1, -0.05) is 0 Å². The SMILES string of the molecule is POC1[C@@H](OS)[C@@H](OS)O[C@H](OP)[C@H]1OP. The molecule has 6 nitrogen and oxygen atoms in total. The third-order valence-corrected chi connectivity index (χ3v) is 3.47. The van der Waals surface area contributed by atoms with Crippen molar-refractivity contribution in [2.45, 2.75) is 30.9 Å². The molecule has 4 unspecified atom stereocenters. The summed E-state index contributed by atoms with van der Waals surface area (Å²) in [5.74, 6) is 0.